The average Bonchev–Trinajstić information content (AvgIpc) is 3.13. The van der Waals surface area contributed by atoms with E-state index in [9.17, 15) is 18.4 Å². The molecule has 2 atom stereocenters. The zero-order chi connectivity index (χ0) is 16.8. The number of halogens is 2. The van der Waals surface area contributed by atoms with E-state index in [0.717, 1.165) is 0 Å². The predicted octanol–water partition coefficient (Wildman–Crippen LogP) is -0.336. The van der Waals surface area contributed by atoms with E-state index in [2.05, 4.69) is 25.0 Å². The summed E-state index contributed by atoms with van der Waals surface area (Å²) in [6.07, 6.45) is -0.726. The molecule has 0 saturated carbocycles. The molecule has 0 amide bonds. The van der Waals surface area contributed by atoms with E-state index >= 15 is 0 Å². The summed E-state index contributed by atoms with van der Waals surface area (Å²) in [6, 6.07) is 1.48. The van der Waals surface area contributed by atoms with Crippen molar-refractivity contribution in [2.45, 2.75) is 12.3 Å². The van der Waals surface area contributed by atoms with Crippen LogP contribution < -0.4 is 16.1 Å². The summed E-state index contributed by atoms with van der Waals surface area (Å²) >= 11 is 0. The molecule has 11 heteroatoms. The van der Waals surface area contributed by atoms with E-state index < -0.39 is 23.6 Å². The van der Waals surface area contributed by atoms with Gasteiger partial charge in [-0.1, -0.05) is 0 Å². The Hall–Kier alpha value is -3.11. The predicted molar refractivity (Wildman–Crippen MR) is 79.5 cm³/mol. The number of hydrogen-bond donors (Lipinski definition) is 2. The van der Waals surface area contributed by atoms with Crippen LogP contribution in [-0.2, 0) is 0 Å². The molecule has 1 aliphatic rings. The number of alkyl halides is 2. The number of nitrogens with zero attached hydrogens (tertiary/aromatic N) is 5. The van der Waals surface area contributed by atoms with Crippen LogP contribution in [0.3, 0.4) is 0 Å². The minimum absolute atomic E-state index is 0.106. The molecule has 2 N–H and O–H groups in total. The van der Waals surface area contributed by atoms with E-state index in [-0.39, 0.29) is 30.1 Å². The standard InChI is InChI=1S/C13H11F2N7O2/c14-7-3-21(4-8(7)15)10-1-9(19-12-17-5-18-22(10)12)6-2-16-13(24)20-11(6)23/h1-2,5,7-8H,3-4H2,(H2,16,20,23,24)/t7-,8+. The Bertz CT molecular complexity index is 1020. The molecule has 9 nitrogen and oxygen atoms in total. The number of anilines is 1. The van der Waals surface area contributed by atoms with Gasteiger partial charge in [-0.2, -0.15) is 14.6 Å². The quantitative estimate of drug-likeness (QED) is 0.663. The molecule has 0 aromatic carbocycles. The van der Waals surface area contributed by atoms with Crippen LogP contribution in [0.2, 0.25) is 0 Å². The van der Waals surface area contributed by atoms with E-state index in [1.165, 1.54) is 28.0 Å². The maximum absolute atomic E-state index is 13.5. The van der Waals surface area contributed by atoms with Crippen LogP contribution in [0, 0.1) is 0 Å². The van der Waals surface area contributed by atoms with Gasteiger partial charge >= 0.3 is 5.69 Å². The smallest absolute Gasteiger partial charge is 0.325 e. The third-order valence-corrected chi connectivity index (χ3v) is 3.83. The van der Waals surface area contributed by atoms with Gasteiger partial charge in [0.2, 0.25) is 0 Å². The molecule has 3 aromatic rings. The Labute approximate surface area is 132 Å². The Kier molecular flexibility index (Phi) is 3.15. The van der Waals surface area contributed by atoms with E-state index in [1.807, 2.05) is 0 Å². The lowest BCUT2D eigenvalue weighted by Crippen LogP contribution is -2.25. The van der Waals surface area contributed by atoms with E-state index in [1.54, 1.807) is 0 Å². The number of hydrogen-bond acceptors (Lipinski definition) is 6. The summed E-state index contributed by atoms with van der Waals surface area (Å²) in [5.41, 5.74) is -0.961. The second kappa shape index (κ2) is 5.22. The lowest BCUT2D eigenvalue weighted by atomic mass is 10.2. The van der Waals surface area contributed by atoms with Crippen LogP contribution in [0.25, 0.3) is 17.0 Å². The van der Waals surface area contributed by atoms with Gasteiger partial charge in [-0.3, -0.25) is 9.78 Å². The number of fused-ring (bicyclic) bond motifs is 1. The molecule has 1 saturated heterocycles. The van der Waals surface area contributed by atoms with Crippen molar-refractivity contribution in [2.24, 2.45) is 0 Å². The van der Waals surface area contributed by atoms with Gasteiger partial charge in [0.25, 0.3) is 11.3 Å². The van der Waals surface area contributed by atoms with Crippen LogP contribution in [0.4, 0.5) is 14.6 Å². The first-order valence-corrected chi connectivity index (χ1v) is 7.09. The van der Waals surface area contributed by atoms with E-state index in [0.29, 0.717) is 5.82 Å². The Morgan fingerprint density at radius 2 is 1.96 bits per heavy atom. The molecule has 0 bridgehead atoms. The maximum Gasteiger partial charge on any atom is 0.325 e. The Morgan fingerprint density at radius 1 is 1.21 bits per heavy atom. The molecule has 0 radical (unpaired) electrons. The highest BCUT2D eigenvalue weighted by atomic mass is 19.2. The van der Waals surface area contributed by atoms with Crippen LogP contribution in [0.1, 0.15) is 0 Å². The highest BCUT2D eigenvalue weighted by Gasteiger charge is 2.34. The monoisotopic (exact) mass is 335 g/mol. The second-order valence-electron chi connectivity index (χ2n) is 5.39. The zero-order valence-electron chi connectivity index (χ0n) is 12.1. The molecule has 4 heterocycles. The first kappa shape index (κ1) is 14.5. The molecule has 24 heavy (non-hydrogen) atoms. The lowest BCUT2D eigenvalue weighted by Gasteiger charge is -2.18. The molecule has 0 spiro atoms. The average molecular weight is 335 g/mol. The van der Waals surface area contributed by atoms with Gasteiger partial charge in [0, 0.05) is 12.3 Å². The van der Waals surface area contributed by atoms with Gasteiger partial charge in [-0.05, 0) is 0 Å². The first-order valence-electron chi connectivity index (χ1n) is 7.09. The van der Waals surface area contributed by atoms with Gasteiger partial charge in [0.1, 0.15) is 12.1 Å². The van der Waals surface area contributed by atoms with Crippen LogP contribution >= 0.6 is 0 Å². The molecule has 1 fully saturated rings. The van der Waals surface area contributed by atoms with Crippen molar-refractivity contribution in [1.82, 2.24) is 29.5 Å². The van der Waals surface area contributed by atoms with Gasteiger partial charge in [0.05, 0.1) is 24.3 Å². The van der Waals surface area contributed by atoms with Crippen molar-refractivity contribution in [3.8, 4) is 11.3 Å². The van der Waals surface area contributed by atoms with Crippen LogP contribution in [-0.4, -0.2) is 55.0 Å². The number of H-pyrrole nitrogens is 2. The second-order valence-corrected chi connectivity index (χ2v) is 5.39. The van der Waals surface area contributed by atoms with Gasteiger partial charge in [-0.25, -0.2) is 18.6 Å². The summed E-state index contributed by atoms with van der Waals surface area (Å²) < 4.78 is 28.4. The summed E-state index contributed by atoms with van der Waals surface area (Å²) in [4.78, 5) is 37.2. The molecule has 3 aromatic heterocycles. The largest absolute Gasteiger partial charge is 0.350 e. The summed E-state index contributed by atoms with van der Waals surface area (Å²) in [5, 5.41) is 4.00. The van der Waals surface area contributed by atoms with Crippen molar-refractivity contribution in [1.29, 1.82) is 0 Å². The third kappa shape index (κ3) is 2.25. The molecule has 4 rings (SSSR count). The maximum atomic E-state index is 13.5. The first-order chi connectivity index (χ1) is 11.5. The van der Waals surface area contributed by atoms with Crippen LogP contribution in [0.15, 0.2) is 28.2 Å². The zero-order valence-corrected chi connectivity index (χ0v) is 12.1. The minimum Gasteiger partial charge on any atom is -0.350 e. The number of rotatable bonds is 2. The van der Waals surface area contributed by atoms with Gasteiger partial charge in [0.15, 0.2) is 12.3 Å². The number of nitrogens with one attached hydrogen (secondary N) is 2. The van der Waals surface area contributed by atoms with Crippen molar-refractivity contribution in [3.05, 3.63) is 39.4 Å². The topological polar surface area (TPSA) is 112 Å². The summed E-state index contributed by atoms with van der Waals surface area (Å²) in [5.74, 6) is 0.534. The van der Waals surface area contributed by atoms with Crippen molar-refractivity contribution < 1.29 is 8.78 Å². The highest BCUT2D eigenvalue weighted by Crippen LogP contribution is 2.26. The lowest BCUT2D eigenvalue weighted by molar-refractivity contribution is 0.217. The fourth-order valence-corrected chi connectivity index (χ4v) is 2.67. The molecule has 0 aliphatic carbocycles. The third-order valence-electron chi connectivity index (χ3n) is 3.83. The van der Waals surface area contributed by atoms with Crippen LogP contribution in [0.5, 0.6) is 0 Å². The molecule has 1 aliphatic heterocycles. The number of aromatic nitrogens is 6. The van der Waals surface area contributed by atoms with Crippen molar-refractivity contribution in [2.75, 3.05) is 18.0 Å². The van der Waals surface area contributed by atoms with Crippen molar-refractivity contribution >= 4 is 11.6 Å². The molecular weight excluding hydrogens is 324 g/mol. The number of aromatic amines is 2. The van der Waals surface area contributed by atoms with Crippen molar-refractivity contribution in [3.63, 3.8) is 0 Å². The van der Waals surface area contributed by atoms with E-state index in [4.69, 9.17) is 0 Å². The Morgan fingerprint density at radius 3 is 2.67 bits per heavy atom. The summed E-state index contributed by atoms with van der Waals surface area (Å²) in [6.45, 7) is -0.275. The summed E-state index contributed by atoms with van der Waals surface area (Å²) in [7, 11) is 0. The van der Waals surface area contributed by atoms with Gasteiger partial charge < -0.3 is 9.88 Å². The molecule has 124 valence electrons. The molecular formula is C13H11F2N7O2. The minimum atomic E-state index is -1.60. The fraction of sp³-hybridized carbons (Fsp3) is 0.308. The highest BCUT2D eigenvalue weighted by molar-refractivity contribution is 5.64. The molecule has 0 unspecified atom stereocenters. The SMILES string of the molecule is O=c1[nH]cc(-c2cc(N3C[C@@H](F)[C@@H](F)C3)n3ncnc3n2)c(=O)[nH]1. The fourth-order valence-electron chi connectivity index (χ4n) is 2.67. The Balaban J connectivity index is 1.89. The van der Waals surface area contributed by atoms with Gasteiger partial charge in [-0.15, -0.1) is 0 Å². The normalized spacial score (nSPS) is 20.8.